The van der Waals surface area contributed by atoms with Gasteiger partial charge in [0.05, 0.1) is 5.75 Å². The lowest BCUT2D eigenvalue weighted by Gasteiger charge is -2.19. The molecule has 4 nitrogen and oxygen atoms in total. The first kappa shape index (κ1) is 16.7. The summed E-state index contributed by atoms with van der Waals surface area (Å²) in [5.74, 6) is -0.595. The topological polar surface area (TPSA) is 63.2 Å². The molecule has 0 aliphatic carbocycles. The number of nitrogens with one attached hydrogen (secondary N) is 1. The van der Waals surface area contributed by atoms with Crippen molar-refractivity contribution < 1.29 is 13.2 Å². The maximum atomic E-state index is 12.1. The van der Waals surface area contributed by atoms with E-state index in [9.17, 15) is 13.2 Å². The molecule has 0 aliphatic rings. The van der Waals surface area contributed by atoms with Crippen LogP contribution in [0.4, 0.5) is 0 Å². The SMILES string of the molecule is CNC(=O)C(C)S(=O)(=O)Cc1ccc(C(C)(C)C)cc1. The van der Waals surface area contributed by atoms with Crippen molar-refractivity contribution in [2.45, 2.75) is 44.1 Å². The minimum Gasteiger partial charge on any atom is -0.358 e. The van der Waals surface area contributed by atoms with E-state index in [0.717, 1.165) is 5.56 Å². The Morgan fingerprint density at radius 2 is 1.70 bits per heavy atom. The highest BCUT2D eigenvalue weighted by Crippen LogP contribution is 2.23. The zero-order valence-corrected chi connectivity index (χ0v) is 13.5. The standard InChI is InChI=1S/C15H23NO3S/c1-11(14(17)16-5)20(18,19)10-12-6-8-13(9-7-12)15(2,3)4/h6-9,11H,10H2,1-5H3,(H,16,17). The number of rotatable bonds is 4. The third kappa shape index (κ3) is 4.07. The van der Waals surface area contributed by atoms with Gasteiger partial charge in [0.15, 0.2) is 9.84 Å². The Morgan fingerprint density at radius 3 is 2.10 bits per heavy atom. The fourth-order valence-electron chi connectivity index (χ4n) is 1.82. The Labute approximate surface area is 121 Å². The van der Waals surface area contributed by atoms with Gasteiger partial charge in [-0.15, -0.1) is 0 Å². The van der Waals surface area contributed by atoms with E-state index in [1.165, 1.54) is 14.0 Å². The third-order valence-electron chi connectivity index (χ3n) is 3.34. The van der Waals surface area contributed by atoms with Crippen LogP contribution in [0.2, 0.25) is 0 Å². The molecule has 0 bridgehead atoms. The lowest BCUT2D eigenvalue weighted by molar-refractivity contribution is -0.119. The summed E-state index contributed by atoms with van der Waals surface area (Å²) in [6.45, 7) is 7.73. The monoisotopic (exact) mass is 297 g/mol. The smallest absolute Gasteiger partial charge is 0.237 e. The Balaban J connectivity index is 2.91. The molecule has 1 unspecified atom stereocenters. The number of carbonyl (C=O) groups is 1. The molecule has 1 rings (SSSR count). The lowest BCUT2D eigenvalue weighted by atomic mass is 9.87. The number of hydrogen-bond donors (Lipinski definition) is 1. The van der Waals surface area contributed by atoms with Crippen molar-refractivity contribution in [3.8, 4) is 0 Å². The molecule has 0 fully saturated rings. The number of hydrogen-bond acceptors (Lipinski definition) is 3. The van der Waals surface area contributed by atoms with Gasteiger partial charge >= 0.3 is 0 Å². The van der Waals surface area contributed by atoms with E-state index in [1.54, 1.807) is 0 Å². The van der Waals surface area contributed by atoms with Gasteiger partial charge in [0.25, 0.3) is 0 Å². The molecule has 0 aliphatic heterocycles. The second-order valence-electron chi connectivity index (χ2n) is 6.01. The maximum Gasteiger partial charge on any atom is 0.237 e. The summed E-state index contributed by atoms with van der Waals surface area (Å²) in [5, 5.41) is 1.33. The number of amides is 1. The number of benzene rings is 1. The molecule has 0 heterocycles. The minimum atomic E-state index is -3.49. The molecule has 1 atom stereocenters. The van der Waals surface area contributed by atoms with Gasteiger partial charge in [-0.1, -0.05) is 45.0 Å². The van der Waals surface area contributed by atoms with Gasteiger partial charge in [0, 0.05) is 7.05 Å². The average Bonchev–Trinajstić information content (AvgIpc) is 2.36. The zero-order chi connectivity index (χ0) is 15.6. The molecule has 0 saturated carbocycles. The molecule has 1 aromatic rings. The van der Waals surface area contributed by atoms with Gasteiger partial charge in [-0.05, 0) is 23.5 Å². The van der Waals surface area contributed by atoms with Crippen LogP contribution in [0.15, 0.2) is 24.3 Å². The molecule has 0 saturated heterocycles. The molecule has 5 heteroatoms. The minimum absolute atomic E-state index is 0.0345. The van der Waals surface area contributed by atoms with Crippen LogP contribution < -0.4 is 5.32 Å². The summed E-state index contributed by atoms with van der Waals surface area (Å²) in [4.78, 5) is 11.4. The Hall–Kier alpha value is -1.36. The van der Waals surface area contributed by atoms with Crippen molar-refractivity contribution in [2.75, 3.05) is 7.05 Å². The highest BCUT2D eigenvalue weighted by Gasteiger charge is 2.27. The van der Waals surface area contributed by atoms with Gasteiger partial charge < -0.3 is 5.32 Å². The van der Waals surface area contributed by atoms with Crippen molar-refractivity contribution in [3.05, 3.63) is 35.4 Å². The van der Waals surface area contributed by atoms with Crippen molar-refractivity contribution in [1.29, 1.82) is 0 Å². The predicted octanol–water partition coefficient (Wildman–Crippen LogP) is 2.03. The van der Waals surface area contributed by atoms with Crippen molar-refractivity contribution in [1.82, 2.24) is 5.32 Å². The first-order valence-corrected chi connectivity index (χ1v) is 8.32. The maximum absolute atomic E-state index is 12.1. The van der Waals surface area contributed by atoms with E-state index >= 15 is 0 Å². The first-order chi connectivity index (χ1) is 9.08. The Kier molecular flexibility index (Phi) is 4.97. The van der Waals surface area contributed by atoms with Crippen LogP contribution >= 0.6 is 0 Å². The summed E-state index contributed by atoms with van der Waals surface area (Å²) in [6, 6.07) is 7.51. The summed E-state index contributed by atoms with van der Waals surface area (Å²) >= 11 is 0. The Morgan fingerprint density at radius 1 is 1.20 bits per heavy atom. The summed E-state index contributed by atoms with van der Waals surface area (Å²) in [5.41, 5.74) is 1.89. The van der Waals surface area contributed by atoms with E-state index < -0.39 is 21.0 Å². The molecule has 20 heavy (non-hydrogen) atoms. The molecule has 1 aromatic carbocycles. The third-order valence-corrected chi connectivity index (χ3v) is 5.37. The van der Waals surface area contributed by atoms with Gasteiger partial charge in [-0.3, -0.25) is 4.79 Å². The fourth-order valence-corrected chi connectivity index (χ4v) is 3.18. The second-order valence-corrected chi connectivity index (χ2v) is 8.33. The van der Waals surface area contributed by atoms with Crippen LogP contribution in [0, 0.1) is 0 Å². The van der Waals surface area contributed by atoms with Crippen LogP contribution in [0.25, 0.3) is 0 Å². The highest BCUT2D eigenvalue weighted by atomic mass is 32.2. The molecular formula is C15H23NO3S. The van der Waals surface area contributed by atoms with Crippen LogP contribution in [-0.2, 0) is 25.8 Å². The quantitative estimate of drug-likeness (QED) is 0.925. The molecule has 1 amide bonds. The summed E-state index contributed by atoms with van der Waals surface area (Å²) < 4.78 is 24.2. The van der Waals surface area contributed by atoms with Crippen LogP contribution in [0.3, 0.4) is 0 Å². The number of carbonyl (C=O) groups excluding carboxylic acids is 1. The summed E-state index contributed by atoms with van der Waals surface area (Å²) in [6.07, 6.45) is 0. The normalized spacial score (nSPS) is 13.8. The van der Waals surface area contributed by atoms with Gasteiger partial charge in [-0.25, -0.2) is 8.42 Å². The molecule has 0 spiro atoms. The number of sulfone groups is 1. The molecule has 1 N–H and O–H groups in total. The molecular weight excluding hydrogens is 274 g/mol. The van der Waals surface area contributed by atoms with E-state index in [0.29, 0.717) is 5.56 Å². The predicted molar refractivity (Wildman–Crippen MR) is 81.3 cm³/mol. The largest absolute Gasteiger partial charge is 0.358 e. The van der Waals surface area contributed by atoms with Crippen molar-refractivity contribution >= 4 is 15.7 Å². The molecule has 0 aromatic heterocycles. The lowest BCUT2D eigenvalue weighted by Crippen LogP contribution is -2.36. The highest BCUT2D eigenvalue weighted by molar-refractivity contribution is 7.92. The van der Waals surface area contributed by atoms with Gasteiger partial charge in [-0.2, -0.15) is 0 Å². The van der Waals surface area contributed by atoms with Gasteiger partial charge in [0.1, 0.15) is 5.25 Å². The van der Waals surface area contributed by atoms with Crippen molar-refractivity contribution in [2.24, 2.45) is 0 Å². The Bertz CT molecular complexity index is 568. The second kappa shape index (κ2) is 5.95. The van der Waals surface area contributed by atoms with Crippen LogP contribution in [0.5, 0.6) is 0 Å². The van der Waals surface area contributed by atoms with Gasteiger partial charge in [0.2, 0.25) is 5.91 Å². The van der Waals surface area contributed by atoms with Crippen molar-refractivity contribution in [3.63, 3.8) is 0 Å². The first-order valence-electron chi connectivity index (χ1n) is 6.60. The van der Waals surface area contributed by atoms with E-state index in [1.807, 2.05) is 24.3 Å². The van der Waals surface area contributed by atoms with E-state index in [2.05, 4.69) is 26.1 Å². The summed E-state index contributed by atoms with van der Waals surface area (Å²) in [7, 11) is -2.05. The van der Waals surface area contributed by atoms with E-state index in [-0.39, 0.29) is 11.2 Å². The fraction of sp³-hybridized carbons (Fsp3) is 0.533. The average molecular weight is 297 g/mol. The van der Waals surface area contributed by atoms with Crippen LogP contribution in [0.1, 0.15) is 38.8 Å². The zero-order valence-electron chi connectivity index (χ0n) is 12.7. The molecule has 112 valence electrons. The van der Waals surface area contributed by atoms with Crippen LogP contribution in [-0.4, -0.2) is 26.6 Å². The molecule has 0 radical (unpaired) electrons. The van der Waals surface area contributed by atoms with E-state index in [4.69, 9.17) is 0 Å².